The van der Waals surface area contributed by atoms with Crippen molar-refractivity contribution in [1.29, 1.82) is 0 Å². The molecule has 1 atom stereocenters. The predicted octanol–water partition coefficient (Wildman–Crippen LogP) is 3.25. The van der Waals surface area contributed by atoms with E-state index in [-0.39, 0.29) is 18.4 Å². The maximum atomic E-state index is 12.0. The highest BCUT2D eigenvalue weighted by Crippen LogP contribution is 2.63. The number of carbonyl (C=O) groups is 2. The number of carbonyl (C=O) groups excluding carboxylic acids is 2. The number of aryl methyl sites for hydroxylation is 3. The van der Waals surface area contributed by atoms with Gasteiger partial charge >= 0.3 is 0 Å². The number of rotatable bonds is 4. The normalized spacial score (nSPS) is 22.1. The molecule has 22 heavy (non-hydrogen) atoms. The summed E-state index contributed by atoms with van der Waals surface area (Å²) in [4.78, 5) is 24.0. The lowest BCUT2D eigenvalue weighted by molar-refractivity contribution is -0.127. The zero-order valence-corrected chi connectivity index (χ0v) is 14.7. The molecule has 0 aliphatic heterocycles. The standard InChI is InChI=1S/C16H20Cl2N2O2/c1-9-5-10(2)13(11(3)6-9)20-12(21)7-19-14(22)15(4)8-16(15,17)18/h5-6H,7-8H2,1-4H3,(H,19,22)(H,20,21). The van der Waals surface area contributed by atoms with Crippen LogP contribution in [0.15, 0.2) is 12.1 Å². The molecule has 0 spiro atoms. The Morgan fingerprint density at radius 2 is 1.68 bits per heavy atom. The minimum atomic E-state index is -1.03. The minimum Gasteiger partial charge on any atom is -0.346 e. The fraction of sp³-hybridized carbons (Fsp3) is 0.500. The molecule has 1 aromatic rings. The second kappa shape index (κ2) is 5.74. The first kappa shape index (κ1) is 17.1. The molecule has 1 unspecified atom stereocenters. The SMILES string of the molecule is Cc1cc(C)c(NC(=O)CNC(=O)C2(C)CC2(Cl)Cl)c(C)c1. The summed E-state index contributed by atoms with van der Waals surface area (Å²) in [5, 5.41) is 5.43. The van der Waals surface area contributed by atoms with E-state index in [0.29, 0.717) is 6.42 Å². The summed E-state index contributed by atoms with van der Waals surface area (Å²) >= 11 is 11.9. The Balaban J connectivity index is 1.94. The monoisotopic (exact) mass is 342 g/mol. The molecule has 1 saturated carbocycles. The zero-order valence-electron chi connectivity index (χ0n) is 13.1. The van der Waals surface area contributed by atoms with Crippen molar-refractivity contribution in [2.75, 3.05) is 11.9 Å². The van der Waals surface area contributed by atoms with Gasteiger partial charge in [-0.15, -0.1) is 23.2 Å². The van der Waals surface area contributed by atoms with Gasteiger partial charge in [-0.3, -0.25) is 9.59 Å². The van der Waals surface area contributed by atoms with Crippen LogP contribution in [0, 0.1) is 26.2 Å². The van der Waals surface area contributed by atoms with Crippen LogP contribution >= 0.6 is 23.2 Å². The maximum Gasteiger partial charge on any atom is 0.243 e. The molecular formula is C16H20Cl2N2O2. The number of halogens is 2. The topological polar surface area (TPSA) is 58.2 Å². The van der Waals surface area contributed by atoms with E-state index in [0.717, 1.165) is 22.4 Å². The third-order valence-electron chi connectivity index (χ3n) is 4.11. The van der Waals surface area contributed by atoms with Crippen LogP contribution in [0.3, 0.4) is 0 Å². The molecule has 2 N–H and O–H groups in total. The summed E-state index contributed by atoms with van der Waals surface area (Å²) in [6.45, 7) is 7.47. The van der Waals surface area contributed by atoms with Crippen molar-refractivity contribution >= 4 is 40.7 Å². The molecule has 1 aromatic carbocycles. The summed E-state index contributed by atoms with van der Waals surface area (Å²) in [6, 6.07) is 4.00. The quantitative estimate of drug-likeness (QED) is 0.825. The molecule has 0 saturated heterocycles. The van der Waals surface area contributed by atoms with Gasteiger partial charge in [0.2, 0.25) is 11.8 Å². The van der Waals surface area contributed by atoms with Crippen molar-refractivity contribution < 1.29 is 9.59 Å². The number of hydrogen-bond acceptors (Lipinski definition) is 2. The molecule has 2 rings (SSSR count). The van der Waals surface area contributed by atoms with Gasteiger partial charge in [0.15, 0.2) is 0 Å². The fourth-order valence-corrected chi connectivity index (χ4v) is 3.27. The highest BCUT2D eigenvalue weighted by atomic mass is 35.5. The molecule has 0 heterocycles. The molecule has 1 aliphatic carbocycles. The third kappa shape index (κ3) is 3.23. The molecule has 0 radical (unpaired) electrons. The minimum absolute atomic E-state index is 0.106. The predicted molar refractivity (Wildman–Crippen MR) is 89.5 cm³/mol. The highest BCUT2D eigenvalue weighted by molar-refractivity contribution is 6.53. The van der Waals surface area contributed by atoms with E-state index in [1.165, 1.54) is 0 Å². The second-order valence-corrected chi connectivity index (χ2v) is 7.70. The third-order valence-corrected chi connectivity index (χ3v) is 5.21. The van der Waals surface area contributed by atoms with E-state index in [1.54, 1.807) is 6.92 Å². The summed E-state index contributed by atoms with van der Waals surface area (Å²) in [7, 11) is 0. The van der Waals surface area contributed by atoms with Gasteiger partial charge in [-0.25, -0.2) is 0 Å². The Morgan fingerprint density at radius 1 is 1.18 bits per heavy atom. The van der Waals surface area contributed by atoms with Crippen molar-refractivity contribution in [2.45, 2.75) is 38.4 Å². The van der Waals surface area contributed by atoms with Crippen molar-refractivity contribution in [3.8, 4) is 0 Å². The van der Waals surface area contributed by atoms with Crippen LogP contribution in [-0.4, -0.2) is 22.7 Å². The van der Waals surface area contributed by atoms with Crippen LogP contribution in [0.5, 0.6) is 0 Å². The van der Waals surface area contributed by atoms with Gasteiger partial charge in [0.25, 0.3) is 0 Å². The van der Waals surface area contributed by atoms with E-state index in [2.05, 4.69) is 10.6 Å². The summed E-state index contributed by atoms with van der Waals surface area (Å²) in [6.07, 6.45) is 0.396. The van der Waals surface area contributed by atoms with Crippen molar-refractivity contribution in [3.05, 3.63) is 28.8 Å². The highest BCUT2D eigenvalue weighted by Gasteiger charge is 2.67. The smallest absolute Gasteiger partial charge is 0.243 e. The van der Waals surface area contributed by atoms with Crippen molar-refractivity contribution in [1.82, 2.24) is 5.32 Å². The Kier molecular flexibility index (Phi) is 4.46. The van der Waals surface area contributed by atoms with Gasteiger partial charge in [0.05, 0.1) is 12.0 Å². The molecule has 4 nitrogen and oxygen atoms in total. The molecule has 0 aromatic heterocycles. The average molecular weight is 343 g/mol. The van der Waals surface area contributed by atoms with Gasteiger partial charge in [-0.2, -0.15) is 0 Å². The number of amides is 2. The summed E-state index contributed by atoms with van der Waals surface area (Å²) in [5.74, 6) is -0.576. The molecular weight excluding hydrogens is 323 g/mol. The maximum absolute atomic E-state index is 12.0. The van der Waals surface area contributed by atoms with Crippen molar-refractivity contribution in [2.24, 2.45) is 5.41 Å². The summed E-state index contributed by atoms with van der Waals surface area (Å²) < 4.78 is -1.03. The number of anilines is 1. The van der Waals surface area contributed by atoms with Gasteiger partial charge in [-0.05, 0) is 45.2 Å². The lowest BCUT2D eigenvalue weighted by atomic mass is 10.1. The Bertz CT molecular complexity index is 620. The first-order valence-electron chi connectivity index (χ1n) is 7.11. The summed E-state index contributed by atoms with van der Waals surface area (Å²) in [5.41, 5.74) is 3.10. The van der Waals surface area contributed by atoms with Gasteiger partial charge < -0.3 is 10.6 Å². The molecule has 0 bridgehead atoms. The van der Waals surface area contributed by atoms with Crippen LogP contribution in [0.1, 0.15) is 30.0 Å². The van der Waals surface area contributed by atoms with Crippen LogP contribution in [0.2, 0.25) is 0 Å². The fourth-order valence-electron chi connectivity index (χ4n) is 2.56. The van der Waals surface area contributed by atoms with Crippen LogP contribution in [0.25, 0.3) is 0 Å². The number of hydrogen-bond donors (Lipinski definition) is 2. The van der Waals surface area contributed by atoms with Gasteiger partial charge in [-0.1, -0.05) is 17.7 Å². The first-order chi connectivity index (χ1) is 10.1. The second-order valence-electron chi connectivity index (χ2n) is 6.22. The largest absolute Gasteiger partial charge is 0.346 e. The van der Waals surface area contributed by atoms with Gasteiger partial charge in [0.1, 0.15) is 4.33 Å². The molecule has 1 aliphatic rings. The number of nitrogens with one attached hydrogen (secondary N) is 2. The van der Waals surface area contributed by atoms with E-state index in [1.807, 2.05) is 32.9 Å². The van der Waals surface area contributed by atoms with Crippen LogP contribution in [0.4, 0.5) is 5.69 Å². The first-order valence-corrected chi connectivity index (χ1v) is 7.86. The molecule has 2 amide bonds. The molecule has 1 fully saturated rings. The van der Waals surface area contributed by atoms with E-state index < -0.39 is 9.75 Å². The lowest BCUT2D eigenvalue weighted by Crippen LogP contribution is -2.38. The molecule has 6 heteroatoms. The van der Waals surface area contributed by atoms with E-state index >= 15 is 0 Å². The lowest BCUT2D eigenvalue weighted by Gasteiger charge is -2.15. The number of benzene rings is 1. The van der Waals surface area contributed by atoms with Crippen LogP contribution < -0.4 is 10.6 Å². The Hall–Kier alpha value is -1.26. The zero-order chi connectivity index (χ0) is 16.7. The number of alkyl halides is 2. The van der Waals surface area contributed by atoms with Gasteiger partial charge in [0, 0.05) is 5.69 Å². The Morgan fingerprint density at radius 3 is 2.14 bits per heavy atom. The van der Waals surface area contributed by atoms with Crippen molar-refractivity contribution in [3.63, 3.8) is 0 Å². The van der Waals surface area contributed by atoms with E-state index in [9.17, 15) is 9.59 Å². The van der Waals surface area contributed by atoms with E-state index in [4.69, 9.17) is 23.2 Å². The molecule has 120 valence electrons. The average Bonchev–Trinajstić information content (AvgIpc) is 2.91. The van der Waals surface area contributed by atoms with Crippen LogP contribution in [-0.2, 0) is 9.59 Å². The Labute approximate surface area is 140 Å².